The van der Waals surface area contributed by atoms with Crippen LogP contribution in [0.3, 0.4) is 0 Å². The Morgan fingerprint density at radius 2 is 1.13 bits per heavy atom. The molecule has 0 spiro atoms. The Balaban J connectivity index is 4.40. The topological polar surface area (TPSA) is 91.6 Å². The van der Waals surface area contributed by atoms with Gasteiger partial charge in [-0.1, -0.05) is 0 Å². The molecule has 0 unspecified atom stereocenters. The van der Waals surface area contributed by atoms with Crippen LogP contribution in [-0.4, -0.2) is 11.7 Å². The van der Waals surface area contributed by atoms with Crippen molar-refractivity contribution in [1.29, 1.82) is 15.8 Å². The zero-order valence-corrected chi connectivity index (χ0v) is 8.74. The molecule has 4 heteroatoms. The Hall–Kier alpha value is -1.57. The third-order valence-corrected chi connectivity index (χ3v) is 2.64. The number of hydrogen-bond donors (Lipinski definition) is 1. The number of aliphatic hydroxyl groups excluding tert-OH is 1. The van der Waals surface area contributed by atoms with Crippen molar-refractivity contribution in [3.05, 3.63) is 0 Å². The lowest BCUT2D eigenvalue weighted by Crippen LogP contribution is -2.25. The van der Waals surface area contributed by atoms with E-state index in [1.165, 1.54) is 0 Å². The van der Waals surface area contributed by atoms with E-state index in [2.05, 4.69) is 0 Å². The smallest absolute Gasteiger partial charge is 0.0621 e. The molecule has 0 heterocycles. The summed E-state index contributed by atoms with van der Waals surface area (Å²) in [4.78, 5) is 0. The first-order valence-electron chi connectivity index (χ1n) is 4.96. The fourth-order valence-electron chi connectivity index (χ4n) is 1.58. The van der Waals surface area contributed by atoms with E-state index in [0.29, 0.717) is 38.5 Å². The summed E-state index contributed by atoms with van der Waals surface area (Å²) in [5.41, 5.74) is -0.415. The number of nitriles is 3. The molecule has 0 atom stereocenters. The van der Waals surface area contributed by atoms with E-state index in [1.807, 2.05) is 18.2 Å². The molecule has 4 nitrogen and oxygen atoms in total. The molecule has 0 aliphatic heterocycles. The third-order valence-electron chi connectivity index (χ3n) is 2.64. The second kappa shape index (κ2) is 7.80. The van der Waals surface area contributed by atoms with E-state index >= 15 is 0 Å². The first-order valence-corrected chi connectivity index (χ1v) is 4.96. The van der Waals surface area contributed by atoms with Crippen molar-refractivity contribution in [3.63, 3.8) is 0 Å². The molecule has 0 aliphatic carbocycles. The predicted octanol–water partition coefficient (Wildman–Crippen LogP) is 1.88. The van der Waals surface area contributed by atoms with Crippen molar-refractivity contribution < 1.29 is 5.11 Å². The zero-order valence-electron chi connectivity index (χ0n) is 8.74. The maximum atomic E-state index is 9.33. The van der Waals surface area contributed by atoms with Crippen molar-refractivity contribution in [2.45, 2.75) is 38.5 Å². The second-order valence-corrected chi connectivity index (χ2v) is 3.63. The number of rotatable bonds is 7. The van der Waals surface area contributed by atoms with Crippen LogP contribution in [0.5, 0.6) is 0 Å². The van der Waals surface area contributed by atoms with Gasteiger partial charge < -0.3 is 5.11 Å². The van der Waals surface area contributed by atoms with Gasteiger partial charge in [0.25, 0.3) is 0 Å². The molecule has 0 bridgehead atoms. The average molecular weight is 205 g/mol. The molecule has 0 fully saturated rings. The molecule has 15 heavy (non-hydrogen) atoms. The molecule has 0 amide bonds. The van der Waals surface area contributed by atoms with Crippen LogP contribution in [0.15, 0.2) is 0 Å². The first kappa shape index (κ1) is 13.4. The van der Waals surface area contributed by atoms with Crippen LogP contribution in [0.25, 0.3) is 0 Å². The average Bonchev–Trinajstić information content (AvgIpc) is 2.29. The number of hydrogen-bond acceptors (Lipinski definition) is 4. The molecule has 0 aliphatic rings. The quantitative estimate of drug-likeness (QED) is 0.686. The number of aliphatic hydroxyl groups is 1. The van der Waals surface area contributed by atoms with E-state index in [0.717, 1.165) is 0 Å². The van der Waals surface area contributed by atoms with Gasteiger partial charge in [0.1, 0.15) is 0 Å². The largest absolute Gasteiger partial charge is 0.396 e. The lowest BCUT2D eigenvalue weighted by Gasteiger charge is -2.29. The molecule has 80 valence electrons. The molecule has 1 N–H and O–H groups in total. The minimum Gasteiger partial charge on any atom is -0.396 e. The Labute approximate surface area is 90.4 Å². The summed E-state index contributed by atoms with van der Waals surface area (Å²) < 4.78 is 0. The van der Waals surface area contributed by atoms with Crippen molar-refractivity contribution in [1.82, 2.24) is 0 Å². The van der Waals surface area contributed by atoms with Gasteiger partial charge in [0.2, 0.25) is 0 Å². The van der Waals surface area contributed by atoms with Gasteiger partial charge in [-0.25, -0.2) is 0 Å². The molecule has 0 aromatic heterocycles. The fraction of sp³-hybridized carbons (Fsp3) is 0.727. The van der Waals surface area contributed by atoms with Crippen molar-refractivity contribution in [2.24, 2.45) is 5.41 Å². The maximum absolute atomic E-state index is 9.33. The van der Waals surface area contributed by atoms with E-state index < -0.39 is 5.41 Å². The normalized spacial score (nSPS) is 10.0. The van der Waals surface area contributed by atoms with Gasteiger partial charge in [-0.3, -0.25) is 0 Å². The Kier molecular flexibility index (Phi) is 6.98. The van der Waals surface area contributed by atoms with Crippen LogP contribution in [-0.2, 0) is 0 Å². The summed E-state index contributed by atoms with van der Waals surface area (Å²) in [5.74, 6) is 0. The summed E-state index contributed by atoms with van der Waals surface area (Å²) in [6.07, 6.45) is 2.75. The summed E-state index contributed by atoms with van der Waals surface area (Å²) in [5, 5.41) is 34.9. The summed E-state index contributed by atoms with van der Waals surface area (Å²) in [6.45, 7) is -0.0575. The Morgan fingerprint density at radius 3 is 1.33 bits per heavy atom. The van der Waals surface area contributed by atoms with E-state index in [4.69, 9.17) is 15.8 Å². The van der Waals surface area contributed by atoms with Gasteiger partial charge in [-0.15, -0.1) is 0 Å². The highest BCUT2D eigenvalue weighted by Crippen LogP contribution is 2.34. The van der Waals surface area contributed by atoms with Gasteiger partial charge in [0.05, 0.1) is 18.2 Å². The minimum atomic E-state index is -0.415. The summed E-state index contributed by atoms with van der Waals surface area (Å²) in [7, 11) is 0. The summed E-state index contributed by atoms with van der Waals surface area (Å²) >= 11 is 0. The highest BCUT2D eigenvalue weighted by atomic mass is 16.3. The minimum absolute atomic E-state index is 0.0575. The van der Waals surface area contributed by atoms with Crippen LogP contribution < -0.4 is 0 Å². The lowest BCUT2D eigenvalue weighted by atomic mass is 9.76. The van der Waals surface area contributed by atoms with Gasteiger partial charge in [-0.05, 0) is 24.7 Å². The van der Waals surface area contributed by atoms with Crippen LogP contribution in [0.4, 0.5) is 0 Å². The van der Waals surface area contributed by atoms with E-state index in [-0.39, 0.29) is 6.61 Å². The second-order valence-electron chi connectivity index (χ2n) is 3.63. The van der Waals surface area contributed by atoms with Crippen LogP contribution in [0.2, 0.25) is 0 Å². The Morgan fingerprint density at radius 1 is 0.800 bits per heavy atom. The van der Waals surface area contributed by atoms with Crippen LogP contribution in [0, 0.1) is 39.4 Å². The highest BCUT2D eigenvalue weighted by molar-refractivity contribution is 4.89. The molecule has 0 saturated heterocycles. The van der Waals surface area contributed by atoms with Gasteiger partial charge >= 0.3 is 0 Å². The molecule has 0 aromatic rings. The van der Waals surface area contributed by atoms with Crippen molar-refractivity contribution >= 4 is 0 Å². The van der Waals surface area contributed by atoms with Crippen molar-refractivity contribution in [2.75, 3.05) is 6.61 Å². The predicted molar refractivity (Wildman–Crippen MR) is 54.1 cm³/mol. The summed E-state index contributed by atoms with van der Waals surface area (Å²) in [6, 6.07) is 6.10. The monoisotopic (exact) mass is 205 g/mol. The standard InChI is InChI=1S/C11H15N3O/c12-7-1-4-11(10-15,5-2-8-13)6-3-9-14/h15H,1-6,10H2. The van der Waals surface area contributed by atoms with Crippen molar-refractivity contribution in [3.8, 4) is 18.2 Å². The van der Waals surface area contributed by atoms with E-state index in [1.54, 1.807) is 0 Å². The third kappa shape index (κ3) is 5.01. The number of nitrogens with zero attached hydrogens (tertiary/aromatic N) is 3. The molecular formula is C11H15N3O. The maximum Gasteiger partial charge on any atom is 0.0621 e. The SMILES string of the molecule is N#CCCC(CO)(CCC#N)CCC#N. The van der Waals surface area contributed by atoms with E-state index in [9.17, 15) is 5.11 Å². The zero-order chi connectivity index (χ0) is 11.6. The molecule has 0 aromatic carbocycles. The Bertz CT molecular complexity index is 247. The van der Waals surface area contributed by atoms with Crippen LogP contribution >= 0.6 is 0 Å². The van der Waals surface area contributed by atoms with Gasteiger partial charge in [0, 0.05) is 25.9 Å². The highest BCUT2D eigenvalue weighted by Gasteiger charge is 2.28. The molecular weight excluding hydrogens is 190 g/mol. The molecule has 0 saturated carbocycles. The molecule has 0 radical (unpaired) electrons. The van der Waals surface area contributed by atoms with Crippen LogP contribution in [0.1, 0.15) is 38.5 Å². The van der Waals surface area contributed by atoms with Gasteiger partial charge in [0.15, 0.2) is 0 Å². The molecule has 0 rings (SSSR count). The lowest BCUT2D eigenvalue weighted by molar-refractivity contribution is 0.0993. The van der Waals surface area contributed by atoms with Gasteiger partial charge in [-0.2, -0.15) is 15.8 Å². The first-order chi connectivity index (χ1) is 7.24. The fourth-order valence-corrected chi connectivity index (χ4v) is 1.58.